The highest BCUT2D eigenvalue weighted by Gasteiger charge is 2.28. The van der Waals surface area contributed by atoms with Crippen molar-refractivity contribution in [2.75, 3.05) is 13.2 Å². The third-order valence-corrected chi connectivity index (χ3v) is 4.95. The van der Waals surface area contributed by atoms with Crippen LogP contribution in [0.2, 0.25) is 0 Å². The van der Waals surface area contributed by atoms with Crippen molar-refractivity contribution in [2.45, 2.75) is 76.8 Å². The fraction of sp³-hybridized carbons (Fsp3) is 0.938. The monoisotopic (exact) mass is 282 g/mol. The van der Waals surface area contributed by atoms with E-state index in [4.69, 9.17) is 0 Å². The fourth-order valence-corrected chi connectivity index (χ4v) is 3.62. The average molecular weight is 282 g/mol. The normalized spacial score (nSPS) is 25.7. The first-order valence-electron chi connectivity index (χ1n) is 8.38. The van der Waals surface area contributed by atoms with Gasteiger partial charge < -0.3 is 15.3 Å². The number of nitrogens with one attached hydrogen (secondary N) is 1. The zero-order valence-corrected chi connectivity index (χ0v) is 12.8. The number of hydrogen-bond acceptors (Lipinski definition) is 2. The lowest BCUT2D eigenvalue weighted by atomic mass is 9.85. The van der Waals surface area contributed by atoms with Crippen molar-refractivity contribution in [3.05, 3.63) is 0 Å². The van der Waals surface area contributed by atoms with Crippen LogP contribution < -0.4 is 5.32 Å². The Bertz CT molecular complexity index is 303. The summed E-state index contributed by atoms with van der Waals surface area (Å²) >= 11 is 0. The van der Waals surface area contributed by atoms with Gasteiger partial charge in [-0.15, -0.1) is 0 Å². The van der Waals surface area contributed by atoms with Crippen LogP contribution in [0.25, 0.3) is 0 Å². The lowest BCUT2D eigenvalue weighted by Gasteiger charge is -2.27. The van der Waals surface area contributed by atoms with E-state index < -0.39 is 0 Å². The molecule has 0 spiro atoms. The molecule has 2 N–H and O–H groups in total. The van der Waals surface area contributed by atoms with Gasteiger partial charge in [-0.05, 0) is 38.5 Å². The summed E-state index contributed by atoms with van der Waals surface area (Å²) in [5.41, 5.74) is 0. The van der Waals surface area contributed by atoms with E-state index in [1.165, 1.54) is 38.5 Å². The zero-order chi connectivity index (χ0) is 14.4. The van der Waals surface area contributed by atoms with Gasteiger partial charge in [-0.1, -0.05) is 32.1 Å². The van der Waals surface area contributed by atoms with Gasteiger partial charge in [0, 0.05) is 12.6 Å². The van der Waals surface area contributed by atoms with Crippen molar-refractivity contribution < 1.29 is 9.90 Å². The van der Waals surface area contributed by atoms with Crippen molar-refractivity contribution in [3.63, 3.8) is 0 Å². The summed E-state index contributed by atoms with van der Waals surface area (Å²) < 4.78 is 0. The molecule has 2 rings (SSSR count). The number of carbonyl (C=O) groups excluding carboxylic acids is 1. The van der Waals surface area contributed by atoms with Gasteiger partial charge in [0.25, 0.3) is 0 Å². The van der Waals surface area contributed by atoms with Gasteiger partial charge in [0.1, 0.15) is 0 Å². The predicted octanol–water partition coefficient (Wildman–Crippen LogP) is 2.90. The second kappa shape index (κ2) is 7.87. The Morgan fingerprint density at radius 2 is 2.00 bits per heavy atom. The zero-order valence-electron chi connectivity index (χ0n) is 12.8. The van der Waals surface area contributed by atoms with E-state index in [9.17, 15) is 9.90 Å². The number of aliphatic hydroxyl groups is 1. The topological polar surface area (TPSA) is 52.6 Å². The molecule has 1 heterocycles. The second-order valence-electron chi connectivity index (χ2n) is 6.60. The molecule has 0 bridgehead atoms. The molecular formula is C16H30N2O2. The lowest BCUT2D eigenvalue weighted by Crippen LogP contribution is -2.47. The van der Waals surface area contributed by atoms with Crippen LogP contribution in [-0.2, 0) is 0 Å². The fourth-order valence-electron chi connectivity index (χ4n) is 3.62. The highest BCUT2D eigenvalue weighted by atomic mass is 16.3. The predicted molar refractivity (Wildman–Crippen MR) is 80.6 cm³/mol. The molecule has 2 atom stereocenters. The minimum atomic E-state index is 0.0118. The summed E-state index contributed by atoms with van der Waals surface area (Å²) in [5, 5.41) is 12.4. The van der Waals surface area contributed by atoms with Crippen molar-refractivity contribution in [3.8, 4) is 0 Å². The summed E-state index contributed by atoms with van der Waals surface area (Å²) in [7, 11) is 0. The van der Waals surface area contributed by atoms with Gasteiger partial charge in [0.15, 0.2) is 0 Å². The number of rotatable bonds is 5. The first-order chi connectivity index (χ1) is 9.70. The molecule has 0 aromatic heterocycles. The number of urea groups is 1. The Hall–Kier alpha value is -0.770. The van der Waals surface area contributed by atoms with Gasteiger partial charge in [-0.3, -0.25) is 0 Å². The minimum Gasteiger partial charge on any atom is -0.394 e. The average Bonchev–Trinajstić information content (AvgIpc) is 2.95. The van der Waals surface area contributed by atoms with Crippen LogP contribution in [0.15, 0.2) is 0 Å². The molecule has 4 nitrogen and oxygen atoms in total. The molecule has 2 unspecified atom stereocenters. The maximum Gasteiger partial charge on any atom is 0.317 e. The number of nitrogens with zero attached hydrogens (tertiary/aromatic N) is 1. The number of hydrogen-bond donors (Lipinski definition) is 2. The van der Waals surface area contributed by atoms with Crippen LogP contribution in [0.3, 0.4) is 0 Å². The van der Waals surface area contributed by atoms with Crippen LogP contribution in [0, 0.1) is 5.92 Å². The molecule has 0 aromatic carbocycles. The first kappa shape index (κ1) is 15.6. The maximum absolute atomic E-state index is 12.2. The molecule has 1 aliphatic heterocycles. The summed E-state index contributed by atoms with van der Waals surface area (Å²) in [4.78, 5) is 14.0. The van der Waals surface area contributed by atoms with Gasteiger partial charge in [0.2, 0.25) is 0 Å². The molecule has 2 aliphatic rings. The summed E-state index contributed by atoms with van der Waals surface area (Å²) in [6.45, 7) is 2.97. The molecule has 1 aliphatic carbocycles. The maximum atomic E-state index is 12.2. The molecule has 20 heavy (non-hydrogen) atoms. The Balaban J connectivity index is 1.67. The standard InChI is InChI=1S/C16H30N2O2/c1-13(9-10-14-6-3-2-4-7-14)17-16(20)18-11-5-8-15(18)12-19/h13-15,19H,2-12H2,1H3,(H,17,20). The van der Waals surface area contributed by atoms with Crippen LogP contribution in [0.1, 0.15) is 64.7 Å². The molecule has 0 aromatic rings. The highest BCUT2D eigenvalue weighted by Crippen LogP contribution is 2.27. The summed E-state index contributed by atoms with van der Waals surface area (Å²) in [6, 6.07) is 0.280. The molecule has 4 heteroatoms. The molecule has 1 saturated heterocycles. The number of carbonyl (C=O) groups is 1. The van der Waals surface area contributed by atoms with Gasteiger partial charge in [-0.2, -0.15) is 0 Å². The van der Waals surface area contributed by atoms with E-state index in [1.807, 2.05) is 0 Å². The number of likely N-dealkylation sites (tertiary alicyclic amines) is 1. The Kier molecular flexibility index (Phi) is 6.14. The Morgan fingerprint density at radius 3 is 2.70 bits per heavy atom. The lowest BCUT2D eigenvalue weighted by molar-refractivity contribution is 0.154. The molecule has 116 valence electrons. The minimum absolute atomic E-state index is 0.0118. The largest absolute Gasteiger partial charge is 0.394 e. The SMILES string of the molecule is CC(CCC1CCCCC1)NC(=O)N1CCCC1CO. The van der Waals surface area contributed by atoms with Crippen LogP contribution in [-0.4, -0.2) is 41.3 Å². The smallest absolute Gasteiger partial charge is 0.317 e. The summed E-state index contributed by atoms with van der Waals surface area (Å²) in [6.07, 6.45) is 11.2. The molecule has 0 radical (unpaired) electrons. The molecule has 2 amide bonds. The molecule has 2 fully saturated rings. The highest BCUT2D eigenvalue weighted by molar-refractivity contribution is 5.75. The third-order valence-electron chi connectivity index (χ3n) is 4.95. The third kappa shape index (κ3) is 4.37. The number of aliphatic hydroxyl groups excluding tert-OH is 1. The van der Waals surface area contributed by atoms with Crippen molar-refractivity contribution in [1.29, 1.82) is 0 Å². The Labute approximate surface area is 122 Å². The van der Waals surface area contributed by atoms with Gasteiger partial charge >= 0.3 is 6.03 Å². The van der Waals surface area contributed by atoms with Crippen molar-refractivity contribution >= 4 is 6.03 Å². The van der Waals surface area contributed by atoms with Gasteiger partial charge in [0.05, 0.1) is 12.6 Å². The van der Waals surface area contributed by atoms with Crippen molar-refractivity contribution in [1.82, 2.24) is 10.2 Å². The van der Waals surface area contributed by atoms with Crippen LogP contribution in [0.4, 0.5) is 4.79 Å². The summed E-state index contributed by atoms with van der Waals surface area (Å²) in [5.74, 6) is 0.875. The van der Waals surface area contributed by atoms with E-state index in [0.717, 1.165) is 31.7 Å². The van der Waals surface area contributed by atoms with E-state index in [-0.39, 0.29) is 24.7 Å². The first-order valence-corrected chi connectivity index (χ1v) is 8.38. The quantitative estimate of drug-likeness (QED) is 0.814. The molecule has 1 saturated carbocycles. The van der Waals surface area contributed by atoms with E-state index in [0.29, 0.717) is 0 Å². The Morgan fingerprint density at radius 1 is 1.25 bits per heavy atom. The van der Waals surface area contributed by atoms with E-state index in [1.54, 1.807) is 4.90 Å². The van der Waals surface area contributed by atoms with Crippen molar-refractivity contribution in [2.24, 2.45) is 5.92 Å². The van der Waals surface area contributed by atoms with Gasteiger partial charge in [-0.25, -0.2) is 4.79 Å². The molecular weight excluding hydrogens is 252 g/mol. The van der Waals surface area contributed by atoms with E-state index in [2.05, 4.69) is 12.2 Å². The number of amides is 2. The second-order valence-corrected chi connectivity index (χ2v) is 6.60. The van der Waals surface area contributed by atoms with Crippen LogP contribution in [0.5, 0.6) is 0 Å². The van der Waals surface area contributed by atoms with Crippen LogP contribution >= 0.6 is 0 Å². The van der Waals surface area contributed by atoms with E-state index >= 15 is 0 Å².